The van der Waals surface area contributed by atoms with Crippen LogP contribution in [-0.4, -0.2) is 17.4 Å². The summed E-state index contributed by atoms with van der Waals surface area (Å²) in [5.41, 5.74) is 9.38. The molecule has 1 aliphatic heterocycles. The third kappa shape index (κ3) is 1.67. The number of carbonyl (C=O) groups is 1. The van der Waals surface area contributed by atoms with E-state index in [0.29, 0.717) is 23.7 Å². The molecule has 3 nitrogen and oxygen atoms in total. The number of carbonyl (C=O) groups excluding carboxylic acids is 1. The molecule has 2 saturated carbocycles. The third-order valence-electron chi connectivity index (χ3n) is 5.31. The Balaban J connectivity index is 1.52. The van der Waals surface area contributed by atoms with Crippen molar-refractivity contribution >= 4 is 11.6 Å². The molecule has 1 aromatic rings. The second-order valence-corrected chi connectivity index (χ2v) is 6.28. The molecule has 4 rings (SSSR count). The first-order valence-electron chi connectivity index (χ1n) is 7.41. The fraction of sp³-hybridized carbons (Fsp3) is 0.562. The van der Waals surface area contributed by atoms with Gasteiger partial charge in [-0.1, -0.05) is 18.6 Å². The van der Waals surface area contributed by atoms with Gasteiger partial charge in [0.2, 0.25) is 5.91 Å². The highest BCUT2D eigenvalue weighted by Crippen LogP contribution is 2.58. The average Bonchev–Trinajstić information content (AvgIpc) is 2.90. The zero-order chi connectivity index (χ0) is 13.0. The summed E-state index contributed by atoms with van der Waals surface area (Å²) in [6.45, 7) is 1.59. The molecule has 1 amide bonds. The molecule has 1 heterocycles. The normalized spacial score (nSPS) is 31.8. The highest BCUT2D eigenvalue weighted by molar-refractivity contribution is 5.83. The number of hydrogen-bond donors (Lipinski definition) is 1. The van der Waals surface area contributed by atoms with Gasteiger partial charge in [-0.25, -0.2) is 0 Å². The van der Waals surface area contributed by atoms with Crippen LogP contribution in [-0.2, 0) is 17.8 Å². The van der Waals surface area contributed by atoms with Crippen LogP contribution < -0.4 is 5.73 Å². The summed E-state index contributed by atoms with van der Waals surface area (Å²) in [5.74, 6) is 2.16. The van der Waals surface area contributed by atoms with Gasteiger partial charge in [0, 0.05) is 24.7 Å². The monoisotopic (exact) mass is 256 g/mol. The van der Waals surface area contributed by atoms with Crippen molar-refractivity contribution in [3.63, 3.8) is 0 Å². The van der Waals surface area contributed by atoms with Crippen molar-refractivity contribution in [2.75, 3.05) is 12.3 Å². The smallest absolute Gasteiger partial charge is 0.226 e. The van der Waals surface area contributed by atoms with E-state index in [1.807, 2.05) is 17.0 Å². The number of fused-ring (bicyclic) bond motifs is 2. The summed E-state index contributed by atoms with van der Waals surface area (Å²) < 4.78 is 0. The maximum Gasteiger partial charge on any atom is 0.226 e. The van der Waals surface area contributed by atoms with Crippen LogP contribution in [0.15, 0.2) is 18.2 Å². The summed E-state index contributed by atoms with van der Waals surface area (Å²) in [5, 5.41) is 0. The summed E-state index contributed by atoms with van der Waals surface area (Å²) in [4.78, 5) is 14.6. The predicted octanol–water partition coefficient (Wildman–Crippen LogP) is 2.20. The van der Waals surface area contributed by atoms with E-state index in [1.165, 1.54) is 30.4 Å². The maximum atomic E-state index is 12.6. The lowest BCUT2D eigenvalue weighted by atomic mass is 9.97. The Morgan fingerprint density at radius 2 is 2.05 bits per heavy atom. The molecule has 2 N–H and O–H groups in total. The molecule has 2 aliphatic carbocycles. The van der Waals surface area contributed by atoms with Crippen LogP contribution >= 0.6 is 0 Å². The number of nitrogens with two attached hydrogens (primary N) is 1. The van der Waals surface area contributed by atoms with E-state index in [-0.39, 0.29) is 0 Å². The van der Waals surface area contributed by atoms with Gasteiger partial charge < -0.3 is 10.6 Å². The van der Waals surface area contributed by atoms with Gasteiger partial charge in [-0.3, -0.25) is 4.79 Å². The van der Waals surface area contributed by atoms with Crippen molar-refractivity contribution < 1.29 is 4.79 Å². The van der Waals surface area contributed by atoms with Crippen LogP contribution in [0, 0.1) is 17.8 Å². The first-order chi connectivity index (χ1) is 9.25. The molecule has 2 atom stereocenters. The summed E-state index contributed by atoms with van der Waals surface area (Å²) in [6, 6.07) is 6.09. The second-order valence-electron chi connectivity index (χ2n) is 6.28. The van der Waals surface area contributed by atoms with Crippen LogP contribution in [0.1, 0.15) is 30.4 Å². The lowest BCUT2D eigenvalue weighted by molar-refractivity contribution is -0.134. The molecule has 0 aromatic heterocycles. The minimum absolute atomic E-state index is 0.347. The van der Waals surface area contributed by atoms with E-state index in [4.69, 9.17) is 5.73 Å². The first-order valence-corrected chi connectivity index (χ1v) is 7.41. The minimum Gasteiger partial charge on any atom is -0.398 e. The number of nitrogens with zero attached hydrogens (tertiary/aromatic N) is 1. The molecule has 2 unspecified atom stereocenters. The van der Waals surface area contributed by atoms with Crippen molar-refractivity contribution in [1.82, 2.24) is 4.90 Å². The lowest BCUT2D eigenvalue weighted by Gasteiger charge is -2.30. The molecule has 100 valence electrons. The molecule has 3 aliphatic rings. The largest absolute Gasteiger partial charge is 0.398 e. The fourth-order valence-corrected chi connectivity index (χ4v) is 4.19. The van der Waals surface area contributed by atoms with Gasteiger partial charge in [-0.05, 0) is 48.3 Å². The number of amides is 1. The Morgan fingerprint density at radius 1 is 1.26 bits per heavy atom. The standard InChI is InChI=1S/C16H20N2O/c17-14-6-1-3-10-7-8-18(9-13(10)14)16(19)15-11-4-2-5-12(11)15/h1,3,6,11-12,15H,2,4-5,7-9,17H2. The Morgan fingerprint density at radius 3 is 2.84 bits per heavy atom. The maximum absolute atomic E-state index is 12.6. The molecule has 2 fully saturated rings. The van der Waals surface area contributed by atoms with Crippen LogP contribution in [0.3, 0.4) is 0 Å². The number of rotatable bonds is 1. The number of anilines is 1. The Labute approximate surface area is 113 Å². The van der Waals surface area contributed by atoms with Crippen LogP contribution in [0.4, 0.5) is 5.69 Å². The van der Waals surface area contributed by atoms with Crippen molar-refractivity contribution in [3.8, 4) is 0 Å². The van der Waals surface area contributed by atoms with E-state index in [9.17, 15) is 4.79 Å². The Kier molecular flexibility index (Phi) is 2.38. The SMILES string of the molecule is Nc1cccc2c1CN(C(=O)C1C3CCCC31)CC2. The van der Waals surface area contributed by atoms with E-state index >= 15 is 0 Å². The minimum atomic E-state index is 0.347. The van der Waals surface area contributed by atoms with Crippen molar-refractivity contribution in [2.45, 2.75) is 32.2 Å². The van der Waals surface area contributed by atoms with Gasteiger partial charge in [-0.15, -0.1) is 0 Å². The quantitative estimate of drug-likeness (QED) is 0.783. The summed E-state index contributed by atoms with van der Waals surface area (Å²) in [6.07, 6.45) is 4.82. The zero-order valence-electron chi connectivity index (χ0n) is 11.1. The number of hydrogen-bond acceptors (Lipinski definition) is 2. The fourth-order valence-electron chi connectivity index (χ4n) is 4.19. The van der Waals surface area contributed by atoms with Crippen molar-refractivity contribution in [1.29, 1.82) is 0 Å². The van der Waals surface area contributed by atoms with Crippen molar-refractivity contribution in [3.05, 3.63) is 29.3 Å². The first kappa shape index (κ1) is 11.3. The molecule has 0 spiro atoms. The molecular formula is C16H20N2O. The molecule has 1 aromatic carbocycles. The van der Waals surface area contributed by atoms with Gasteiger partial charge >= 0.3 is 0 Å². The predicted molar refractivity (Wildman–Crippen MR) is 74.3 cm³/mol. The Bertz CT molecular complexity index is 530. The summed E-state index contributed by atoms with van der Waals surface area (Å²) >= 11 is 0. The van der Waals surface area contributed by atoms with Gasteiger partial charge in [0.05, 0.1) is 0 Å². The van der Waals surface area contributed by atoms with Crippen molar-refractivity contribution in [2.24, 2.45) is 17.8 Å². The molecule has 3 heteroatoms. The van der Waals surface area contributed by atoms with Gasteiger partial charge in [0.1, 0.15) is 0 Å². The molecule has 19 heavy (non-hydrogen) atoms. The van der Waals surface area contributed by atoms with E-state index in [1.54, 1.807) is 0 Å². The second kappa shape index (κ2) is 3.99. The van der Waals surface area contributed by atoms with E-state index < -0.39 is 0 Å². The van der Waals surface area contributed by atoms with E-state index in [0.717, 1.165) is 25.2 Å². The van der Waals surface area contributed by atoms with Crippen LogP contribution in [0.2, 0.25) is 0 Å². The number of nitrogen functional groups attached to an aromatic ring is 1. The highest BCUT2D eigenvalue weighted by Gasteiger charge is 2.57. The average molecular weight is 256 g/mol. The van der Waals surface area contributed by atoms with Gasteiger partial charge in [0.15, 0.2) is 0 Å². The zero-order valence-corrected chi connectivity index (χ0v) is 11.1. The lowest BCUT2D eigenvalue weighted by Crippen LogP contribution is -2.38. The molecule has 0 radical (unpaired) electrons. The molecular weight excluding hydrogens is 236 g/mol. The highest BCUT2D eigenvalue weighted by atomic mass is 16.2. The third-order valence-corrected chi connectivity index (χ3v) is 5.31. The molecule has 0 saturated heterocycles. The number of benzene rings is 1. The Hall–Kier alpha value is -1.51. The topological polar surface area (TPSA) is 46.3 Å². The van der Waals surface area contributed by atoms with Gasteiger partial charge in [-0.2, -0.15) is 0 Å². The molecule has 0 bridgehead atoms. The van der Waals surface area contributed by atoms with E-state index in [2.05, 4.69) is 6.07 Å². The van der Waals surface area contributed by atoms with Crippen LogP contribution in [0.5, 0.6) is 0 Å². The van der Waals surface area contributed by atoms with Gasteiger partial charge in [0.25, 0.3) is 0 Å². The summed E-state index contributed by atoms with van der Waals surface area (Å²) in [7, 11) is 0. The van der Waals surface area contributed by atoms with Crippen LogP contribution in [0.25, 0.3) is 0 Å².